The number of thioether (sulfide) groups is 1. The second-order valence-corrected chi connectivity index (χ2v) is 3.91. The summed E-state index contributed by atoms with van der Waals surface area (Å²) in [5.41, 5.74) is 0. The van der Waals surface area contributed by atoms with E-state index in [1.54, 1.807) is 6.92 Å². The summed E-state index contributed by atoms with van der Waals surface area (Å²) in [5, 5.41) is 18.1. The van der Waals surface area contributed by atoms with Crippen LogP contribution in [0.5, 0.6) is 0 Å². The molecule has 0 aliphatic carbocycles. The molecule has 0 saturated heterocycles. The Kier molecular flexibility index (Phi) is 7.40. The normalized spacial score (nSPS) is 13.1. The van der Waals surface area contributed by atoms with Gasteiger partial charge < -0.3 is 14.7 Å². The molecule has 6 nitrogen and oxygen atoms in total. The van der Waals surface area contributed by atoms with Gasteiger partial charge in [-0.2, -0.15) is 0 Å². The van der Waals surface area contributed by atoms with Gasteiger partial charge in [-0.25, -0.2) is 5.26 Å². The molecular formula is C9H14O6S. The fourth-order valence-corrected chi connectivity index (χ4v) is 1.63. The second kappa shape index (κ2) is 8.00. The van der Waals surface area contributed by atoms with Gasteiger partial charge in [0.15, 0.2) is 5.76 Å². The summed E-state index contributed by atoms with van der Waals surface area (Å²) in [5.74, 6) is -1.42. The third-order valence-electron chi connectivity index (χ3n) is 1.61. The Hall–Kier alpha value is -1.21. The minimum atomic E-state index is -1.11. The molecule has 0 aromatic rings. The monoisotopic (exact) mass is 250 g/mol. The van der Waals surface area contributed by atoms with Crippen molar-refractivity contribution in [1.29, 1.82) is 0 Å². The van der Waals surface area contributed by atoms with E-state index < -0.39 is 12.4 Å². The summed E-state index contributed by atoms with van der Waals surface area (Å²) in [6.45, 7) is 1.68. The van der Waals surface area contributed by atoms with Crippen molar-refractivity contribution in [2.75, 3.05) is 12.9 Å². The first-order valence-corrected chi connectivity index (χ1v) is 5.47. The van der Waals surface area contributed by atoms with E-state index in [-0.39, 0.29) is 17.6 Å². The van der Waals surface area contributed by atoms with Gasteiger partial charge in [0.05, 0.1) is 13.0 Å². The summed E-state index contributed by atoms with van der Waals surface area (Å²) in [7, 11) is 1.30. The van der Waals surface area contributed by atoms with Gasteiger partial charge in [-0.05, 0) is 0 Å². The van der Waals surface area contributed by atoms with Crippen LogP contribution in [0.4, 0.5) is 0 Å². The predicted octanol–water partition coefficient (Wildman–Crippen LogP) is 1.33. The smallest absolute Gasteiger partial charge is 0.311 e. The summed E-state index contributed by atoms with van der Waals surface area (Å²) in [4.78, 5) is 25.2. The van der Waals surface area contributed by atoms with Gasteiger partial charge in [0, 0.05) is 11.2 Å². The molecule has 1 atom stereocenters. The topological polar surface area (TPSA) is 93.1 Å². The van der Waals surface area contributed by atoms with E-state index in [0.717, 1.165) is 0 Å². The molecule has 0 aliphatic heterocycles. The maximum Gasteiger partial charge on any atom is 0.311 e. The molecule has 0 amide bonds. The van der Waals surface area contributed by atoms with Crippen LogP contribution < -0.4 is 0 Å². The van der Waals surface area contributed by atoms with Crippen LogP contribution in [0.1, 0.15) is 13.3 Å². The number of aliphatic carboxylic acids is 1. The Morgan fingerprint density at radius 2 is 2.12 bits per heavy atom. The molecule has 0 rings (SSSR count). The average molecular weight is 250 g/mol. The van der Waals surface area contributed by atoms with E-state index in [2.05, 4.69) is 9.62 Å². The summed E-state index contributed by atoms with van der Waals surface area (Å²) >= 11 is 1.17. The van der Waals surface area contributed by atoms with Crippen LogP contribution in [0.25, 0.3) is 0 Å². The number of methoxy groups -OCH3 is 1. The van der Waals surface area contributed by atoms with Gasteiger partial charge in [0.25, 0.3) is 0 Å². The van der Waals surface area contributed by atoms with Crippen molar-refractivity contribution < 1.29 is 29.6 Å². The number of rotatable bonds is 7. The van der Waals surface area contributed by atoms with E-state index >= 15 is 0 Å². The first-order chi connectivity index (χ1) is 7.51. The third kappa shape index (κ3) is 6.31. The van der Waals surface area contributed by atoms with Crippen LogP contribution in [0, 0.1) is 5.92 Å². The number of hydrogen-bond donors (Lipinski definition) is 2. The maximum absolute atomic E-state index is 11.0. The molecule has 0 aromatic heterocycles. The van der Waals surface area contributed by atoms with Crippen molar-refractivity contribution in [3.8, 4) is 0 Å². The van der Waals surface area contributed by atoms with E-state index in [1.165, 1.54) is 24.3 Å². The van der Waals surface area contributed by atoms with Crippen LogP contribution in [0.2, 0.25) is 0 Å². The molecule has 0 aliphatic rings. The number of hydrogen-bond acceptors (Lipinski definition) is 6. The number of carbonyl (C=O) groups is 2. The van der Waals surface area contributed by atoms with E-state index in [0.29, 0.717) is 5.75 Å². The van der Waals surface area contributed by atoms with Crippen molar-refractivity contribution in [2.24, 2.45) is 5.92 Å². The molecule has 0 bridgehead atoms. The molecule has 0 radical (unpaired) electrons. The minimum absolute atomic E-state index is 0.0745. The standard InChI is InChI=1S/C9H14O6S/c1-6(9(12)14-2)4-16-5-7(15-13)3-8(10)11/h5-6,13H,3-4H2,1-2H3,(H,10,11). The molecule has 0 fully saturated rings. The number of carboxylic acid groups (broad SMARTS) is 1. The van der Waals surface area contributed by atoms with Gasteiger partial charge in [-0.1, -0.05) is 6.92 Å². The Bertz CT molecular complexity index is 275. The third-order valence-corrected chi connectivity index (χ3v) is 2.73. The van der Waals surface area contributed by atoms with Crippen molar-refractivity contribution in [2.45, 2.75) is 13.3 Å². The van der Waals surface area contributed by atoms with Gasteiger partial charge in [-0.3, -0.25) is 9.59 Å². The number of esters is 1. The largest absolute Gasteiger partial charge is 0.481 e. The van der Waals surface area contributed by atoms with E-state index in [4.69, 9.17) is 10.4 Å². The molecule has 92 valence electrons. The lowest BCUT2D eigenvalue weighted by Crippen LogP contribution is -2.14. The average Bonchev–Trinajstić information content (AvgIpc) is 2.25. The van der Waals surface area contributed by atoms with Crippen molar-refractivity contribution in [3.63, 3.8) is 0 Å². The Balaban J connectivity index is 4.05. The highest BCUT2D eigenvalue weighted by Crippen LogP contribution is 2.15. The number of carboxylic acids is 1. The molecule has 16 heavy (non-hydrogen) atoms. The zero-order chi connectivity index (χ0) is 12.6. The summed E-state index contributed by atoms with van der Waals surface area (Å²) < 4.78 is 4.51. The van der Waals surface area contributed by atoms with Gasteiger partial charge in [0.1, 0.15) is 6.42 Å². The van der Waals surface area contributed by atoms with Crippen LogP contribution in [0.15, 0.2) is 11.2 Å². The highest BCUT2D eigenvalue weighted by molar-refractivity contribution is 8.02. The van der Waals surface area contributed by atoms with Gasteiger partial charge >= 0.3 is 11.9 Å². The maximum atomic E-state index is 11.0. The van der Waals surface area contributed by atoms with Crippen molar-refractivity contribution >= 4 is 23.7 Å². The minimum Gasteiger partial charge on any atom is -0.481 e. The van der Waals surface area contributed by atoms with Gasteiger partial charge in [0.2, 0.25) is 0 Å². The zero-order valence-electron chi connectivity index (χ0n) is 9.00. The molecule has 7 heteroatoms. The molecule has 0 heterocycles. The Labute approximate surface area is 97.2 Å². The highest BCUT2D eigenvalue weighted by atomic mass is 32.2. The predicted molar refractivity (Wildman–Crippen MR) is 57.7 cm³/mol. The molecule has 0 spiro atoms. The molecular weight excluding hydrogens is 236 g/mol. The summed E-state index contributed by atoms with van der Waals surface area (Å²) in [6.07, 6.45) is -0.407. The summed E-state index contributed by atoms with van der Waals surface area (Å²) in [6, 6.07) is 0. The zero-order valence-corrected chi connectivity index (χ0v) is 9.82. The molecule has 0 aromatic carbocycles. The number of ether oxygens (including phenoxy) is 1. The first-order valence-electron chi connectivity index (χ1n) is 4.43. The van der Waals surface area contributed by atoms with Crippen molar-refractivity contribution in [3.05, 3.63) is 11.2 Å². The second-order valence-electron chi connectivity index (χ2n) is 3.00. The highest BCUT2D eigenvalue weighted by Gasteiger charge is 2.13. The lowest BCUT2D eigenvalue weighted by atomic mass is 10.2. The van der Waals surface area contributed by atoms with Crippen LogP contribution in [-0.2, 0) is 19.2 Å². The van der Waals surface area contributed by atoms with E-state index in [9.17, 15) is 9.59 Å². The van der Waals surface area contributed by atoms with Crippen LogP contribution in [0.3, 0.4) is 0 Å². The Morgan fingerprint density at radius 1 is 1.50 bits per heavy atom. The molecule has 1 unspecified atom stereocenters. The van der Waals surface area contributed by atoms with Crippen LogP contribution >= 0.6 is 11.8 Å². The molecule has 0 saturated carbocycles. The quantitative estimate of drug-likeness (QED) is 0.305. The van der Waals surface area contributed by atoms with Crippen molar-refractivity contribution in [1.82, 2.24) is 0 Å². The fourth-order valence-electron chi connectivity index (χ4n) is 0.799. The molecule has 2 N–H and O–H groups in total. The van der Waals surface area contributed by atoms with Gasteiger partial charge in [-0.15, -0.1) is 11.8 Å². The van der Waals surface area contributed by atoms with E-state index in [1.807, 2.05) is 0 Å². The number of carbonyl (C=O) groups excluding carboxylic acids is 1. The SMILES string of the molecule is COC(=O)C(C)CSC=C(CC(=O)O)OO. The fraction of sp³-hybridized carbons (Fsp3) is 0.556. The lowest BCUT2D eigenvalue weighted by Gasteiger charge is -2.06. The lowest BCUT2D eigenvalue weighted by molar-refractivity contribution is -0.206. The first kappa shape index (κ1) is 14.8. The van der Waals surface area contributed by atoms with Crippen LogP contribution in [-0.4, -0.2) is 35.2 Å². The Morgan fingerprint density at radius 3 is 2.56 bits per heavy atom.